The molecule has 0 amide bonds. The van der Waals surface area contributed by atoms with Gasteiger partial charge >= 0.3 is 0 Å². The van der Waals surface area contributed by atoms with Gasteiger partial charge in [-0.25, -0.2) is 0 Å². The Bertz CT molecular complexity index is 987. The summed E-state index contributed by atoms with van der Waals surface area (Å²) in [6.07, 6.45) is 21.0. The van der Waals surface area contributed by atoms with E-state index in [0.717, 1.165) is 80.3 Å². The molecule has 0 spiro atoms. The molecule has 1 saturated heterocycles. The minimum absolute atomic E-state index is 0.172. The molecule has 40 heavy (non-hydrogen) atoms. The second kappa shape index (κ2) is 13.2. The first-order valence-corrected chi connectivity index (χ1v) is 16.3. The minimum atomic E-state index is -0.464. The molecule has 6 aliphatic rings. The van der Waals surface area contributed by atoms with Crippen molar-refractivity contribution in [3.8, 4) is 0 Å². The van der Waals surface area contributed by atoms with Gasteiger partial charge in [0.1, 0.15) is 5.78 Å². The highest BCUT2D eigenvalue weighted by molar-refractivity contribution is 5.96. The Hall–Kier alpha value is -1.52. The number of aliphatic hydroxyl groups excluding tert-OH is 1. The number of carbonyl (C=O) groups is 2. The van der Waals surface area contributed by atoms with Crippen LogP contribution in [0.4, 0.5) is 0 Å². The van der Waals surface area contributed by atoms with Crippen molar-refractivity contribution in [2.45, 2.75) is 124 Å². The molecule has 1 N–H and O–H groups in total. The van der Waals surface area contributed by atoms with Crippen LogP contribution < -0.4 is 0 Å². The van der Waals surface area contributed by atoms with Gasteiger partial charge in [0.05, 0.1) is 0 Å². The molecule has 5 aliphatic carbocycles. The van der Waals surface area contributed by atoms with Gasteiger partial charge in [-0.2, -0.15) is 0 Å². The standard InChI is InChI=1S/C23H36O.C8H10O.C5H10O2/c1-14-8-10-22(4)17(12-14)13-15(2)21-19-7-6-18(16(3)24)23(19,5)11-9-20(21)22;1-7(9)8-5-3-2-4-6-8;6-5-3-1-2-4-7-5/h15,17-21H,1,6-13H2,2-5H3;3,5-6H,2,4H2,1H3;5-6H,1-4H2. The SMILES string of the molecule is C=C1CCC2(C)C(C1)CC(C)C1C2CCC2(C)C(C(C)=O)CCC12.CC(=O)C1=CCCC=C1.OC1CCCCO1. The molecule has 1 aliphatic heterocycles. The molecule has 1 heterocycles. The highest BCUT2D eigenvalue weighted by atomic mass is 16.6. The van der Waals surface area contributed by atoms with Gasteiger partial charge in [0.2, 0.25) is 0 Å². The van der Waals surface area contributed by atoms with Crippen LogP contribution >= 0.6 is 0 Å². The molecule has 4 saturated carbocycles. The van der Waals surface area contributed by atoms with E-state index < -0.39 is 6.29 Å². The minimum Gasteiger partial charge on any atom is -0.368 e. The van der Waals surface area contributed by atoms with Gasteiger partial charge in [-0.3, -0.25) is 9.59 Å². The van der Waals surface area contributed by atoms with Gasteiger partial charge in [-0.15, -0.1) is 0 Å². The van der Waals surface area contributed by atoms with E-state index >= 15 is 0 Å². The number of Topliss-reactive ketones (excluding diaryl/α,β-unsaturated/α-hetero) is 2. The van der Waals surface area contributed by atoms with Crippen LogP contribution in [-0.2, 0) is 14.3 Å². The molecule has 0 aromatic carbocycles. The Labute approximate surface area is 244 Å². The van der Waals surface area contributed by atoms with E-state index in [2.05, 4.69) is 27.4 Å². The Balaban J connectivity index is 0.000000188. The zero-order chi connectivity index (χ0) is 29.1. The normalized spacial score (nSPS) is 42.0. The lowest BCUT2D eigenvalue weighted by atomic mass is 9.42. The molecule has 4 nitrogen and oxygen atoms in total. The van der Waals surface area contributed by atoms with Crippen LogP contribution in [-0.4, -0.2) is 29.6 Å². The predicted octanol–water partition coefficient (Wildman–Crippen LogP) is 8.39. The van der Waals surface area contributed by atoms with Gasteiger partial charge in [0, 0.05) is 18.1 Å². The average molecular weight is 553 g/mol. The summed E-state index contributed by atoms with van der Waals surface area (Å²) in [5.41, 5.74) is 3.19. The van der Waals surface area contributed by atoms with Crippen LogP contribution in [0.1, 0.15) is 118 Å². The highest BCUT2D eigenvalue weighted by Gasteiger charge is 2.62. The third kappa shape index (κ3) is 6.59. The molecule has 5 fully saturated rings. The van der Waals surface area contributed by atoms with Crippen LogP contribution in [0.5, 0.6) is 0 Å². The van der Waals surface area contributed by atoms with E-state index in [9.17, 15) is 9.59 Å². The third-order valence-electron chi connectivity index (χ3n) is 12.0. The molecule has 224 valence electrons. The van der Waals surface area contributed by atoms with Crippen molar-refractivity contribution >= 4 is 11.6 Å². The molecule has 4 heteroatoms. The number of allylic oxidation sites excluding steroid dienone is 5. The fraction of sp³-hybridized carbons (Fsp3) is 0.778. The smallest absolute Gasteiger partial charge is 0.159 e. The quantitative estimate of drug-likeness (QED) is 0.349. The predicted molar refractivity (Wildman–Crippen MR) is 163 cm³/mol. The number of rotatable bonds is 2. The number of carbonyl (C=O) groups excluding carboxylic acids is 2. The molecule has 0 aromatic heterocycles. The lowest BCUT2D eigenvalue weighted by Gasteiger charge is -2.62. The van der Waals surface area contributed by atoms with Crippen LogP contribution in [0.15, 0.2) is 36.0 Å². The summed E-state index contributed by atoms with van der Waals surface area (Å²) in [5, 5.41) is 8.69. The number of fused-ring (bicyclic) bond motifs is 5. The number of hydrogen-bond acceptors (Lipinski definition) is 4. The molecular formula is C36H56O4. The molecule has 0 radical (unpaired) electrons. The van der Waals surface area contributed by atoms with Crippen molar-refractivity contribution in [1.29, 1.82) is 0 Å². The zero-order valence-corrected chi connectivity index (χ0v) is 26.1. The molecule has 6 rings (SSSR count). The Kier molecular flexibility index (Phi) is 10.4. The van der Waals surface area contributed by atoms with E-state index in [1.807, 2.05) is 25.2 Å². The van der Waals surface area contributed by atoms with E-state index in [1.165, 1.54) is 50.5 Å². The Morgan fingerprint density at radius 2 is 1.75 bits per heavy atom. The molecule has 0 bridgehead atoms. The number of hydrogen-bond donors (Lipinski definition) is 1. The van der Waals surface area contributed by atoms with Crippen molar-refractivity contribution in [2.75, 3.05) is 6.61 Å². The summed E-state index contributed by atoms with van der Waals surface area (Å²) in [6.45, 7) is 16.1. The van der Waals surface area contributed by atoms with E-state index in [1.54, 1.807) is 6.92 Å². The zero-order valence-electron chi connectivity index (χ0n) is 26.1. The maximum atomic E-state index is 12.3. The number of aliphatic hydroxyl groups is 1. The Morgan fingerprint density at radius 1 is 1.00 bits per heavy atom. The first kappa shape index (κ1) is 31.4. The molecular weight excluding hydrogens is 496 g/mol. The van der Waals surface area contributed by atoms with E-state index in [-0.39, 0.29) is 5.78 Å². The van der Waals surface area contributed by atoms with Gasteiger partial charge in [0.25, 0.3) is 0 Å². The van der Waals surface area contributed by atoms with Crippen molar-refractivity contribution in [2.24, 2.45) is 46.3 Å². The summed E-state index contributed by atoms with van der Waals surface area (Å²) < 4.78 is 4.83. The van der Waals surface area contributed by atoms with Crippen LogP contribution in [0.2, 0.25) is 0 Å². The largest absolute Gasteiger partial charge is 0.368 e. The second-order valence-corrected chi connectivity index (χ2v) is 14.5. The summed E-state index contributed by atoms with van der Waals surface area (Å²) in [5.74, 6) is 5.21. The van der Waals surface area contributed by atoms with Gasteiger partial charge < -0.3 is 9.84 Å². The first-order chi connectivity index (χ1) is 19.0. The van der Waals surface area contributed by atoms with Crippen LogP contribution in [0.25, 0.3) is 0 Å². The molecule has 0 aromatic rings. The maximum absolute atomic E-state index is 12.3. The fourth-order valence-electron chi connectivity index (χ4n) is 9.80. The molecule has 9 atom stereocenters. The first-order valence-electron chi connectivity index (χ1n) is 16.3. The summed E-state index contributed by atoms with van der Waals surface area (Å²) in [6, 6.07) is 0. The van der Waals surface area contributed by atoms with E-state index in [4.69, 9.17) is 9.84 Å². The fourth-order valence-corrected chi connectivity index (χ4v) is 9.80. The van der Waals surface area contributed by atoms with E-state index in [0.29, 0.717) is 22.5 Å². The van der Waals surface area contributed by atoms with Crippen molar-refractivity contribution < 1.29 is 19.4 Å². The monoisotopic (exact) mass is 552 g/mol. The Morgan fingerprint density at radius 3 is 2.30 bits per heavy atom. The van der Waals surface area contributed by atoms with Crippen LogP contribution in [0, 0.1) is 46.3 Å². The maximum Gasteiger partial charge on any atom is 0.159 e. The number of ketones is 2. The van der Waals surface area contributed by atoms with Crippen molar-refractivity contribution in [1.82, 2.24) is 0 Å². The summed E-state index contributed by atoms with van der Waals surface area (Å²) in [7, 11) is 0. The number of ether oxygens (including phenoxy) is 1. The average Bonchev–Trinajstić information content (AvgIpc) is 3.29. The highest BCUT2D eigenvalue weighted by Crippen LogP contribution is 2.68. The van der Waals surface area contributed by atoms with Gasteiger partial charge in [-0.1, -0.05) is 51.2 Å². The lowest BCUT2D eigenvalue weighted by Crippen LogP contribution is -2.55. The third-order valence-corrected chi connectivity index (χ3v) is 12.0. The summed E-state index contributed by atoms with van der Waals surface area (Å²) in [4.78, 5) is 22.9. The summed E-state index contributed by atoms with van der Waals surface area (Å²) >= 11 is 0. The van der Waals surface area contributed by atoms with Crippen molar-refractivity contribution in [3.05, 3.63) is 36.0 Å². The molecule has 9 unspecified atom stereocenters. The van der Waals surface area contributed by atoms with Gasteiger partial charge in [-0.05, 0) is 138 Å². The van der Waals surface area contributed by atoms with Crippen molar-refractivity contribution in [3.63, 3.8) is 0 Å². The lowest BCUT2D eigenvalue weighted by molar-refractivity contribution is -0.140. The second-order valence-electron chi connectivity index (χ2n) is 14.5. The topological polar surface area (TPSA) is 63.6 Å². The van der Waals surface area contributed by atoms with Gasteiger partial charge in [0.15, 0.2) is 12.1 Å². The van der Waals surface area contributed by atoms with Crippen LogP contribution in [0.3, 0.4) is 0 Å².